The fraction of sp³-hybridized carbons (Fsp3) is 0.444. The van der Waals surface area contributed by atoms with E-state index in [0.29, 0.717) is 53.2 Å². The lowest BCUT2D eigenvalue weighted by Gasteiger charge is -2.29. The van der Waals surface area contributed by atoms with Gasteiger partial charge in [0.2, 0.25) is 10.0 Å². The average Bonchev–Trinajstić information content (AvgIpc) is 3.30. The van der Waals surface area contributed by atoms with E-state index in [4.69, 9.17) is 9.47 Å². The van der Waals surface area contributed by atoms with E-state index in [1.807, 2.05) is 13.0 Å². The number of carbonyl (C=O) groups excluding carboxylic acids is 1. The first-order valence-electron chi connectivity index (χ1n) is 12.5. The molecule has 0 aliphatic carbocycles. The van der Waals surface area contributed by atoms with Crippen LogP contribution in [-0.4, -0.2) is 73.3 Å². The van der Waals surface area contributed by atoms with Crippen LogP contribution in [0.25, 0.3) is 22.0 Å². The molecule has 0 N–H and O–H groups in total. The molecule has 1 atom stereocenters. The molecule has 0 radical (unpaired) electrons. The summed E-state index contributed by atoms with van der Waals surface area (Å²) in [7, 11) is -3.63. The van der Waals surface area contributed by atoms with Crippen molar-refractivity contribution in [3.8, 4) is 11.1 Å². The Balaban J connectivity index is 1.50. The zero-order valence-electron chi connectivity index (χ0n) is 21.5. The van der Waals surface area contributed by atoms with Gasteiger partial charge in [-0.3, -0.25) is 9.47 Å². The van der Waals surface area contributed by atoms with E-state index in [1.54, 1.807) is 49.5 Å². The SMILES string of the molecule is CC1c2cc(-c3cn(C(=O)OC(C)(C)C)c4cc(F)ccc34)ccc2S(=O)(=O)N1CCN1CCOCC1. The van der Waals surface area contributed by atoms with Gasteiger partial charge in [0.25, 0.3) is 0 Å². The Morgan fingerprint density at radius 1 is 1.11 bits per heavy atom. The maximum Gasteiger partial charge on any atom is 0.419 e. The van der Waals surface area contributed by atoms with Crippen LogP contribution >= 0.6 is 0 Å². The number of fused-ring (bicyclic) bond motifs is 2. The summed E-state index contributed by atoms with van der Waals surface area (Å²) in [5.41, 5.74) is 1.82. The highest BCUT2D eigenvalue weighted by Gasteiger charge is 2.40. The summed E-state index contributed by atoms with van der Waals surface area (Å²) in [4.78, 5) is 15.4. The Labute approximate surface area is 216 Å². The molecule has 0 saturated carbocycles. The van der Waals surface area contributed by atoms with Gasteiger partial charge in [-0.1, -0.05) is 6.07 Å². The third kappa shape index (κ3) is 4.90. The molecular formula is C27H32FN3O5S. The van der Waals surface area contributed by atoms with Crippen molar-refractivity contribution in [2.75, 3.05) is 39.4 Å². The van der Waals surface area contributed by atoms with E-state index in [2.05, 4.69) is 4.90 Å². The molecule has 1 aromatic heterocycles. The Morgan fingerprint density at radius 3 is 2.54 bits per heavy atom. The second-order valence-electron chi connectivity index (χ2n) is 10.6. The van der Waals surface area contributed by atoms with Crippen LogP contribution < -0.4 is 0 Å². The number of carbonyl (C=O) groups is 1. The molecule has 0 spiro atoms. The number of hydrogen-bond acceptors (Lipinski definition) is 6. The quantitative estimate of drug-likeness (QED) is 0.490. The number of halogens is 1. The van der Waals surface area contributed by atoms with Crippen LogP contribution in [0.5, 0.6) is 0 Å². The summed E-state index contributed by atoms with van der Waals surface area (Å²) in [6.07, 6.45) is 1.02. The number of morpholine rings is 1. The smallest absolute Gasteiger partial charge is 0.419 e. The zero-order valence-corrected chi connectivity index (χ0v) is 22.3. The molecule has 2 aromatic carbocycles. The van der Waals surface area contributed by atoms with E-state index in [9.17, 15) is 17.6 Å². The van der Waals surface area contributed by atoms with E-state index >= 15 is 0 Å². The number of rotatable bonds is 4. The normalized spacial score (nSPS) is 20.3. The van der Waals surface area contributed by atoms with Crippen LogP contribution in [0.4, 0.5) is 9.18 Å². The first-order chi connectivity index (χ1) is 17.5. The molecular weight excluding hydrogens is 497 g/mol. The number of ether oxygens (including phenoxy) is 2. The van der Waals surface area contributed by atoms with E-state index < -0.39 is 27.5 Å². The van der Waals surface area contributed by atoms with Gasteiger partial charge >= 0.3 is 6.09 Å². The first-order valence-corrected chi connectivity index (χ1v) is 13.9. The van der Waals surface area contributed by atoms with Crippen molar-refractivity contribution in [2.24, 2.45) is 0 Å². The fourth-order valence-corrected chi connectivity index (χ4v) is 6.91. The lowest BCUT2D eigenvalue weighted by Crippen LogP contribution is -2.42. The third-order valence-corrected chi connectivity index (χ3v) is 8.93. The second kappa shape index (κ2) is 9.50. The molecule has 0 bridgehead atoms. The van der Waals surface area contributed by atoms with Crippen LogP contribution in [0, 0.1) is 5.82 Å². The van der Waals surface area contributed by atoms with Crippen LogP contribution in [0.3, 0.4) is 0 Å². The Morgan fingerprint density at radius 2 is 1.84 bits per heavy atom. The van der Waals surface area contributed by atoms with Crippen LogP contribution in [-0.2, 0) is 19.5 Å². The van der Waals surface area contributed by atoms with Crippen molar-refractivity contribution in [3.63, 3.8) is 0 Å². The van der Waals surface area contributed by atoms with Gasteiger partial charge in [0.05, 0.1) is 23.6 Å². The van der Waals surface area contributed by atoms with Gasteiger partial charge in [-0.25, -0.2) is 17.6 Å². The summed E-state index contributed by atoms with van der Waals surface area (Å²) in [5.74, 6) is -0.466. The van der Waals surface area contributed by atoms with Crippen LogP contribution in [0.15, 0.2) is 47.5 Å². The fourth-order valence-electron chi connectivity index (χ4n) is 5.04. The average molecular weight is 530 g/mol. The van der Waals surface area contributed by atoms with Crippen molar-refractivity contribution in [1.82, 2.24) is 13.8 Å². The van der Waals surface area contributed by atoms with Crippen molar-refractivity contribution < 1.29 is 27.1 Å². The van der Waals surface area contributed by atoms with Gasteiger partial charge in [-0.05, 0) is 69.2 Å². The summed E-state index contributed by atoms with van der Waals surface area (Å²) in [5, 5.41) is 0.671. The van der Waals surface area contributed by atoms with Gasteiger partial charge in [-0.15, -0.1) is 0 Å². The number of aromatic nitrogens is 1. The van der Waals surface area contributed by atoms with Crippen LogP contribution in [0.2, 0.25) is 0 Å². The van der Waals surface area contributed by atoms with Gasteiger partial charge in [-0.2, -0.15) is 4.31 Å². The number of sulfonamides is 1. The minimum absolute atomic E-state index is 0.299. The minimum atomic E-state index is -3.63. The standard InChI is InChI=1S/C27H32FN3O5S/c1-18-22-15-19(5-8-25(22)37(33,34)31(18)10-9-29-11-13-35-14-12-29)23-17-30(26(32)36-27(2,3)4)24-16-20(28)6-7-21(23)24/h5-8,15-18H,9-14H2,1-4H3. The largest absolute Gasteiger partial charge is 0.443 e. The monoisotopic (exact) mass is 529 g/mol. The van der Waals surface area contributed by atoms with E-state index in [1.165, 1.54) is 16.7 Å². The highest BCUT2D eigenvalue weighted by Crippen LogP contribution is 2.42. The van der Waals surface area contributed by atoms with Gasteiger partial charge in [0.15, 0.2) is 0 Å². The first kappa shape index (κ1) is 25.8. The highest BCUT2D eigenvalue weighted by molar-refractivity contribution is 7.89. The number of nitrogens with zero attached hydrogens (tertiary/aromatic N) is 3. The van der Waals surface area contributed by atoms with Gasteiger partial charge in [0, 0.05) is 49.4 Å². The predicted molar refractivity (Wildman–Crippen MR) is 139 cm³/mol. The molecule has 1 saturated heterocycles. The lowest BCUT2D eigenvalue weighted by molar-refractivity contribution is 0.0356. The molecule has 37 heavy (non-hydrogen) atoms. The second-order valence-corrected chi connectivity index (χ2v) is 12.4. The van der Waals surface area contributed by atoms with Crippen LogP contribution in [0.1, 0.15) is 39.3 Å². The molecule has 1 fully saturated rings. The zero-order chi connectivity index (χ0) is 26.5. The maximum absolute atomic E-state index is 14.1. The summed E-state index contributed by atoms with van der Waals surface area (Å²) in [6.45, 7) is 11.1. The molecule has 0 amide bonds. The number of hydrogen-bond donors (Lipinski definition) is 0. The number of benzene rings is 2. The van der Waals surface area contributed by atoms with E-state index in [-0.39, 0.29) is 6.04 Å². The van der Waals surface area contributed by atoms with Gasteiger partial charge in [0.1, 0.15) is 11.4 Å². The molecule has 198 valence electrons. The topological polar surface area (TPSA) is 81.1 Å². The molecule has 3 aromatic rings. The summed E-state index contributed by atoms with van der Waals surface area (Å²) in [6, 6.07) is 9.18. The van der Waals surface area contributed by atoms with Crippen molar-refractivity contribution in [3.05, 3.63) is 54.0 Å². The summed E-state index contributed by atoms with van der Waals surface area (Å²) < 4.78 is 54.7. The van der Waals surface area contributed by atoms with Crippen molar-refractivity contribution in [1.29, 1.82) is 0 Å². The minimum Gasteiger partial charge on any atom is -0.443 e. The lowest BCUT2D eigenvalue weighted by atomic mass is 9.99. The molecule has 10 heteroatoms. The molecule has 2 aliphatic heterocycles. The van der Waals surface area contributed by atoms with Crippen molar-refractivity contribution in [2.45, 2.75) is 44.2 Å². The Bertz CT molecular complexity index is 1450. The Hall–Kier alpha value is -2.79. The Kier molecular flexibility index (Phi) is 6.64. The highest BCUT2D eigenvalue weighted by atomic mass is 32.2. The molecule has 1 unspecified atom stereocenters. The predicted octanol–water partition coefficient (Wildman–Crippen LogP) is 4.63. The molecule has 8 nitrogen and oxygen atoms in total. The molecule has 2 aliphatic rings. The molecule has 5 rings (SSSR count). The van der Waals surface area contributed by atoms with Crippen molar-refractivity contribution >= 4 is 27.0 Å². The third-order valence-electron chi connectivity index (χ3n) is 6.89. The molecule has 3 heterocycles. The maximum atomic E-state index is 14.1. The van der Waals surface area contributed by atoms with E-state index in [0.717, 1.165) is 18.7 Å². The van der Waals surface area contributed by atoms with Gasteiger partial charge < -0.3 is 9.47 Å². The summed E-state index contributed by atoms with van der Waals surface area (Å²) >= 11 is 0.